The zero-order valence-corrected chi connectivity index (χ0v) is 10.6. The molecule has 0 amide bonds. The Morgan fingerprint density at radius 3 is 2.94 bits per heavy atom. The van der Waals surface area contributed by atoms with Crippen molar-refractivity contribution in [3.8, 4) is 0 Å². The maximum Gasteiger partial charge on any atom is 0.0605 e. The number of nitrogens with zero attached hydrogens (tertiary/aromatic N) is 2. The van der Waals surface area contributed by atoms with Gasteiger partial charge >= 0.3 is 0 Å². The fraction of sp³-hybridized carbons (Fsp3) is 0.333. The lowest BCUT2D eigenvalue weighted by atomic mass is 10.2. The number of rotatable bonds is 3. The molecule has 0 aromatic carbocycles. The third-order valence-electron chi connectivity index (χ3n) is 3.59. The van der Waals surface area contributed by atoms with Gasteiger partial charge in [0.2, 0.25) is 0 Å². The zero-order valence-electron chi connectivity index (χ0n) is 10.6. The van der Waals surface area contributed by atoms with Gasteiger partial charge in [-0.15, -0.1) is 0 Å². The first-order valence-electron chi connectivity index (χ1n) is 6.42. The maximum atomic E-state index is 4.49. The van der Waals surface area contributed by atoms with E-state index in [-0.39, 0.29) is 0 Å². The molecule has 1 unspecified atom stereocenters. The minimum Gasteiger partial charge on any atom is -0.303 e. The van der Waals surface area contributed by atoms with Crippen LogP contribution in [0.2, 0.25) is 0 Å². The standard InChI is InChI=1S/C15H17N3/c1-11-4-2-8-16-14(11)10-18-13-7-6-12-5-3-9-17-15(12)13/h2-5,8-9,13,18H,6-7,10H2,1H3. The normalized spacial score (nSPS) is 17.7. The fourth-order valence-electron chi connectivity index (χ4n) is 2.53. The van der Waals surface area contributed by atoms with Gasteiger partial charge in [0.15, 0.2) is 0 Å². The lowest BCUT2D eigenvalue weighted by molar-refractivity contribution is 0.515. The minimum absolute atomic E-state index is 0.377. The minimum atomic E-state index is 0.377. The Balaban J connectivity index is 1.71. The summed E-state index contributed by atoms with van der Waals surface area (Å²) in [4.78, 5) is 8.90. The van der Waals surface area contributed by atoms with Gasteiger partial charge in [0.25, 0.3) is 0 Å². The summed E-state index contributed by atoms with van der Waals surface area (Å²) in [6, 6.07) is 8.65. The Kier molecular flexibility index (Phi) is 3.07. The number of hydrogen-bond donors (Lipinski definition) is 1. The number of aromatic nitrogens is 2. The van der Waals surface area contributed by atoms with Crippen LogP contribution in [-0.2, 0) is 13.0 Å². The average Bonchev–Trinajstić information content (AvgIpc) is 2.81. The van der Waals surface area contributed by atoms with Gasteiger partial charge in [0.05, 0.1) is 17.4 Å². The lowest BCUT2D eigenvalue weighted by Gasteiger charge is -2.13. The van der Waals surface area contributed by atoms with Gasteiger partial charge in [0.1, 0.15) is 0 Å². The van der Waals surface area contributed by atoms with Crippen LogP contribution in [0, 0.1) is 6.92 Å². The van der Waals surface area contributed by atoms with Crippen molar-refractivity contribution >= 4 is 0 Å². The van der Waals surface area contributed by atoms with E-state index in [1.54, 1.807) is 0 Å². The van der Waals surface area contributed by atoms with Crippen molar-refractivity contribution in [2.75, 3.05) is 0 Å². The summed E-state index contributed by atoms with van der Waals surface area (Å²) in [6.07, 6.45) is 6.00. The van der Waals surface area contributed by atoms with Crippen molar-refractivity contribution in [1.82, 2.24) is 15.3 Å². The smallest absolute Gasteiger partial charge is 0.0605 e. The van der Waals surface area contributed by atoms with Crippen molar-refractivity contribution < 1.29 is 0 Å². The van der Waals surface area contributed by atoms with Crippen molar-refractivity contribution in [1.29, 1.82) is 0 Å². The van der Waals surface area contributed by atoms with Crippen LogP contribution in [0.1, 0.15) is 35.0 Å². The van der Waals surface area contributed by atoms with Crippen LogP contribution >= 0.6 is 0 Å². The first kappa shape index (κ1) is 11.4. The summed E-state index contributed by atoms with van der Waals surface area (Å²) in [5, 5.41) is 3.57. The highest BCUT2D eigenvalue weighted by Crippen LogP contribution is 2.28. The lowest BCUT2D eigenvalue weighted by Crippen LogP contribution is -2.20. The predicted molar refractivity (Wildman–Crippen MR) is 71.1 cm³/mol. The Morgan fingerprint density at radius 1 is 1.22 bits per heavy atom. The molecule has 1 aliphatic rings. The fourth-order valence-corrected chi connectivity index (χ4v) is 2.53. The van der Waals surface area contributed by atoms with Gasteiger partial charge in [-0.2, -0.15) is 0 Å². The van der Waals surface area contributed by atoms with Crippen molar-refractivity contribution in [2.45, 2.75) is 32.4 Å². The molecule has 3 nitrogen and oxygen atoms in total. The molecular formula is C15H17N3. The van der Waals surface area contributed by atoms with E-state index in [1.165, 1.54) is 16.8 Å². The van der Waals surface area contributed by atoms with Crippen LogP contribution < -0.4 is 5.32 Å². The molecule has 0 fully saturated rings. The Labute approximate surface area is 107 Å². The van der Waals surface area contributed by atoms with E-state index in [0.717, 1.165) is 25.1 Å². The Hall–Kier alpha value is -1.74. The molecule has 0 saturated carbocycles. The highest BCUT2D eigenvalue weighted by atomic mass is 15.0. The van der Waals surface area contributed by atoms with Gasteiger partial charge in [-0.1, -0.05) is 12.1 Å². The number of nitrogens with one attached hydrogen (secondary N) is 1. The number of hydrogen-bond acceptors (Lipinski definition) is 3. The van der Waals surface area contributed by atoms with E-state index in [4.69, 9.17) is 0 Å². The first-order chi connectivity index (χ1) is 8.84. The number of pyridine rings is 2. The van der Waals surface area contributed by atoms with Gasteiger partial charge in [0, 0.05) is 18.9 Å². The summed E-state index contributed by atoms with van der Waals surface area (Å²) in [5.74, 6) is 0. The molecule has 2 aromatic rings. The summed E-state index contributed by atoms with van der Waals surface area (Å²) in [7, 11) is 0. The molecule has 3 rings (SSSR count). The third-order valence-corrected chi connectivity index (χ3v) is 3.59. The molecule has 2 aromatic heterocycles. The number of aryl methyl sites for hydroxylation is 2. The second-order valence-electron chi connectivity index (χ2n) is 4.79. The van der Waals surface area contributed by atoms with Crippen LogP contribution in [0.4, 0.5) is 0 Å². The van der Waals surface area contributed by atoms with Gasteiger partial charge < -0.3 is 5.32 Å². The second kappa shape index (κ2) is 4.86. The molecule has 1 atom stereocenters. The van der Waals surface area contributed by atoms with E-state index < -0.39 is 0 Å². The quantitative estimate of drug-likeness (QED) is 0.894. The van der Waals surface area contributed by atoms with E-state index >= 15 is 0 Å². The van der Waals surface area contributed by atoms with E-state index in [0.29, 0.717) is 6.04 Å². The molecule has 92 valence electrons. The highest BCUT2D eigenvalue weighted by molar-refractivity contribution is 5.28. The second-order valence-corrected chi connectivity index (χ2v) is 4.79. The van der Waals surface area contributed by atoms with E-state index in [9.17, 15) is 0 Å². The van der Waals surface area contributed by atoms with Crippen LogP contribution in [0.25, 0.3) is 0 Å². The SMILES string of the molecule is Cc1cccnc1CNC1CCc2cccnc21. The van der Waals surface area contributed by atoms with Crippen molar-refractivity contribution in [3.05, 3.63) is 59.2 Å². The van der Waals surface area contributed by atoms with Gasteiger partial charge in [-0.3, -0.25) is 9.97 Å². The molecular weight excluding hydrogens is 222 g/mol. The molecule has 18 heavy (non-hydrogen) atoms. The molecule has 1 aliphatic carbocycles. The zero-order chi connectivity index (χ0) is 12.4. The van der Waals surface area contributed by atoms with Crippen LogP contribution in [0.5, 0.6) is 0 Å². The van der Waals surface area contributed by atoms with Crippen LogP contribution in [0.15, 0.2) is 36.7 Å². The molecule has 0 aliphatic heterocycles. The molecule has 0 spiro atoms. The third kappa shape index (κ3) is 2.14. The molecule has 0 bridgehead atoms. The Morgan fingerprint density at radius 2 is 2.06 bits per heavy atom. The summed E-state index contributed by atoms with van der Waals surface area (Å²) < 4.78 is 0. The van der Waals surface area contributed by atoms with Crippen LogP contribution in [0.3, 0.4) is 0 Å². The summed E-state index contributed by atoms with van der Waals surface area (Å²) in [6.45, 7) is 2.91. The predicted octanol–water partition coefficient (Wildman–Crippen LogP) is 2.56. The topological polar surface area (TPSA) is 37.8 Å². The maximum absolute atomic E-state index is 4.49. The Bertz CT molecular complexity index is 551. The van der Waals surface area contributed by atoms with E-state index in [1.807, 2.05) is 24.5 Å². The summed E-state index contributed by atoms with van der Waals surface area (Å²) in [5.41, 5.74) is 4.96. The van der Waals surface area contributed by atoms with Crippen molar-refractivity contribution in [3.63, 3.8) is 0 Å². The summed E-state index contributed by atoms with van der Waals surface area (Å²) >= 11 is 0. The van der Waals surface area contributed by atoms with E-state index in [2.05, 4.69) is 34.3 Å². The van der Waals surface area contributed by atoms with Crippen molar-refractivity contribution in [2.24, 2.45) is 0 Å². The largest absolute Gasteiger partial charge is 0.303 e. The first-order valence-corrected chi connectivity index (χ1v) is 6.42. The molecule has 0 radical (unpaired) electrons. The monoisotopic (exact) mass is 239 g/mol. The van der Waals surface area contributed by atoms with Crippen LogP contribution in [-0.4, -0.2) is 9.97 Å². The molecule has 0 saturated heterocycles. The number of fused-ring (bicyclic) bond motifs is 1. The molecule has 3 heteroatoms. The molecule has 1 N–H and O–H groups in total. The average molecular weight is 239 g/mol. The molecule has 2 heterocycles. The van der Waals surface area contributed by atoms with Gasteiger partial charge in [-0.05, 0) is 43.0 Å². The van der Waals surface area contributed by atoms with Gasteiger partial charge in [-0.25, -0.2) is 0 Å². The highest BCUT2D eigenvalue weighted by Gasteiger charge is 2.22.